The van der Waals surface area contributed by atoms with Gasteiger partial charge < -0.3 is 4.40 Å². The molecule has 0 N–H and O–H groups in total. The van der Waals surface area contributed by atoms with Crippen molar-refractivity contribution in [1.29, 1.82) is 0 Å². The van der Waals surface area contributed by atoms with Crippen LogP contribution in [-0.4, -0.2) is 9.38 Å². The molecule has 3 aromatic heterocycles. The number of hydrogen-bond acceptors (Lipinski definition) is 1. The van der Waals surface area contributed by atoms with Gasteiger partial charge in [0.25, 0.3) is 0 Å². The van der Waals surface area contributed by atoms with Crippen LogP contribution < -0.4 is 0 Å². The lowest BCUT2D eigenvalue weighted by Gasteiger charge is -2.17. The minimum absolute atomic E-state index is 0.974. The van der Waals surface area contributed by atoms with E-state index in [1.165, 1.54) is 54.4 Å². The first-order valence-electron chi connectivity index (χ1n) is 14.2. The summed E-state index contributed by atoms with van der Waals surface area (Å²) in [5.41, 5.74) is 10.3. The monoisotopic (exact) mass is 598 g/mol. The van der Waals surface area contributed by atoms with Crippen LogP contribution in [0.2, 0.25) is 0 Å². The zero-order valence-corrected chi connectivity index (χ0v) is 24.1. The molecule has 0 aliphatic rings. The Morgan fingerprint density at radius 3 is 1.74 bits per heavy atom. The third-order valence-electron chi connectivity index (χ3n) is 8.57. The molecular formula is C39H23BrN2. The highest BCUT2D eigenvalue weighted by Crippen LogP contribution is 2.43. The quantitative estimate of drug-likeness (QED) is 0.146. The first-order valence-corrected chi connectivity index (χ1v) is 15.0. The third-order valence-corrected chi connectivity index (χ3v) is 9.07. The molecule has 3 heteroatoms. The second kappa shape index (κ2) is 9.01. The van der Waals surface area contributed by atoms with Crippen LogP contribution >= 0.6 is 15.9 Å². The normalized spacial score (nSPS) is 11.9. The zero-order chi connectivity index (χ0) is 27.8. The minimum atomic E-state index is 0.974. The number of benzene rings is 6. The Balaban J connectivity index is 1.40. The van der Waals surface area contributed by atoms with Crippen LogP contribution in [0.15, 0.2) is 144 Å². The van der Waals surface area contributed by atoms with Crippen molar-refractivity contribution in [1.82, 2.24) is 9.38 Å². The molecule has 0 fully saturated rings. The number of pyridine rings is 2. The Bertz CT molecular complexity index is 2400. The number of fused-ring (bicyclic) bond motifs is 5. The van der Waals surface area contributed by atoms with Crippen LogP contribution in [0.25, 0.3) is 82.5 Å². The fourth-order valence-electron chi connectivity index (χ4n) is 6.76. The summed E-state index contributed by atoms with van der Waals surface area (Å²) >= 11 is 3.71. The summed E-state index contributed by atoms with van der Waals surface area (Å²) in [4.78, 5) is 5.12. The molecule has 196 valence electrons. The molecule has 0 aliphatic heterocycles. The van der Waals surface area contributed by atoms with Crippen LogP contribution in [0, 0.1) is 0 Å². The summed E-state index contributed by atoms with van der Waals surface area (Å²) in [5.74, 6) is 0. The average molecular weight is 600 g/mol. The molecule has 0 atom stereocenters. The van der Waals surface area contributed by atoms with E-state index in [0.29, 0.717) is 0 Å². The van der Waals surface area contributed by atoms with Crippen molar-refractivity contribution in [3.8, 4) is 33.6 Å². The maximum atomic E-state index is 5.12. The van der Waals surface area contributed by atoms with Gasteiger partial charge in [-0.05, 0) is 58.3 Å². The van der Waals surface area contributed by atoms with Gasteiger partial charge in [-0.15, -0.1) is 0 Å². The predicted molar refractivity (Wildman–Crippen MR) is 180 cm³/mol. The molecule has 0 amide bonds. The van der Waals surface area contributed by atoms with E-state index in [9.17, 15) is 0 Å². The van der Waals surface area contributed by atoms with Crippen molar-refractivity contribution in [2.24, 2.45) is 0 Å². The summed E-state index contributed by atoms with van der Waals surface area (Å²) in [6.07, 6.45) is 0. The number of halogens is 1. The van der Waals surface area contributed by atoms with Crippen molar-refractivity contribution in [3.63, 3.8) is 0 Å². The summed E-state index contributed by atoms with van der Waals surface area (Å²) in [5, 5.41) is 7.64. The highest BCUT2D eigenvalue weighted by atomic mass is 79.9. The van der Waals surface area contributed by atoms with E-state index >= 15 is 0 Å². The van der Waals surface area contributed by atoms with Crippen molar-refractivity contribution in [3.05, 3.63) is 144 Å². The molecule has 0 spiro atoms. The van der Waals surface area contributed by atoms with Gasteiger partial charge in [0.05, 0.1) is 27.9 Å². The Labute approximate surface area is 251 Å². The fourth-order valence-corrected chi connectivity index (χ4v) is 7.12. The van der Waals surface area contributed by atoms with Gasteiger partial charge >= 0.3 is 0 Å². The molecule has 0 bridgehead atoms. The lowest BCUT2D eigenvalue weighted by molar-refractivity contribution is 1.32. The van der Waals surface area contributed by atoms with Gasteiger partial charge in [0.2, 0.25) is 0 Å². The maximum Gasteiger partial charge on any atom is 0.0715 e. The van der Waals surface area contributed by atoms with Crippen LogP contribution in [0.4, 0.5) is 0 Å². The van der Waals surface area contributed by atoms with Crippen molar-refractivity contribution in [2.75, 3.05) is 0 Å². The van der Waals surface area contributed by atoms with Crippen LogP contribution in [-0.2, 0) is 0 Å². The van der Waals surface area contributed by atoms with Gasteiger partial charge in [-0.3, -0.25) is 0 Å². The molecule has 0 saturated carbocycles. The van der Waals surface area contributed by atoms with Crippen LogP contribution in [0.1, 0.15) is 0 Å². The highest BCUT2D eigenvalue weighted by molar-refractivity contribution is 9.10. The fraction of sp³-hybridized carbons (Fsp3) is 0. The number of aromatic nitrogens is 2. The van der Waals surface area contributed by atoms with E-state index < -0.39 is 0 Å². The number of rotatable bonds is 3. The van der Waals surface area contributed by atoms with Crippen LogP contribution in [0.5, 0.6) is 0 Å². The van der Waals surface area contributed by atoms with Crippen molar-refractivity contribution in [2.45, 2.75) is 0 Å². The molecule has 0 saturated heterocycles. The second-order valence-corrected chi connectivity index (χ2v) is 11.8. The first-order chi connectivity index (χ1) is 20.7. The van der Waals surface area contributed by atoms with E-state index in [4.69, 9.17) is 4.98 Å². The summed E-state index contributed by atoms with van der Waals surface area (Å²) in [7, 11) is 0. The number of nitrogens with zero attached hydrogens (tertiary/aromatic N) is 2. The topological polar surface area (TPSA) is 17.3 Å². The molecule has 42 heavy (non-hydrogen) atoms. The summed E-state index contributed by atoms with van der Waals surface area (Å²) in [6, 6.07) is 50.1. The summed E-state index contributed by atoms with van der Waals surface area (Å²) < 4.78 is 3.56. The molecular weight excluding hydrogens is 576 g/mol. The highest BCUT2D eigenvalue weighted by Gasteiger charge is 2.19. The Hall–Kier alpha value is -4.99. The van der Waals surface area contributed by atoms with Gasteiger partial charge in [-0.2, -0.15) is 0 Å². The second-order valence-electron chi connectivity index (χ2n) is 10.9. The smallest absolute Gasteiger partial charge is 0.0715 e. The maximum absolute atomic E-state index is 5.12. The van der Waals surface area contributed by atoms with Gasteiger partial charge in [0, 0.05) is 37.1 Å². The number of para-hydroxylation sites is 1. The standard InChI is InChI=1S/C39H23BrN2/c40-27-17-19-36-33(23-27)32-16-8-15-31-30-14-7-13-29-28(18-20-37(38(29)30)42(36)39(31)32)26-21-34(24-9-3-1-4-10-24)41-35(22-26)25-11-5-2-6-12-25/h1-23H. The molecule has 3 heterocycles. The van der Waals surface area contributed by atoms with E-state index in [2.05, 4.69) is 160 Å². The van der Waals surface area contributed by atoms with E-state index in [1.807, 2.05) is 0 Å². The van der Waals surface area contributed by atoms with Crippen molar-refractivity contribution < 1.29 is 0 Å². The molecule has 0 radical (unpaired) electrons. The van der Waals surface area contributed by atoms with Gasteiger partial charge in [-0.25, -0.2) is 4.98 Å². The molecule has 6 aromatic carbocycles. The van der Waals surface area contributed by atoms with Gasteiger partial charge in [0.1, 0.15) is 0 Å². The molecule has 2 nitrogen and oxygen atoms in total. The minimum Gasteiger partial charge on any atom is -0.308 e. The third kappa shape index (κ3) is 3.41. The molecule has 0 aliphatic carbocycles. The molecule has 9 rings (SSSR count). The Kier molecular flexibility index (Phi) is 5.08. The number of hydrogen-bond donors (Lipinski definition) is 0. The largest absolute Gasteiger partial charge is 0.308 e. The Morgan fingerprint density at radius 2 is 1.05 bits per heavy atom. The SMILES string of the molecule is Brc1ccc2c(c1)c1cccc3c4cccc5c(-c6cc(-c7ccccc7)nc(-c7ccccc7)c6)ccc(c54)n2c31. The lowest BCUT2D eigenvalue weighted by atomic mass is 9.92. The lowest BCUT2D eigenvalue weighted by Crippen LogP contribution is -1.95. The van der Waals surface area contributed by atoms with E-state index in [-0.39, 0.29) is 0 Å². The molecule has 0 unspecified atom stereocenters. The van der Waals surface area contributed by atoms with E-state index in [1.54, 1.807) is 0 Å². The van der Waals surface area contributed by atoms with Crippen LogP contribution in [0.3, 0.4) is 0 Å². The summed E-state index contributed by atoms with van der Waals surface area (Å²) in [6.45, 7) is 0. The average Bonchev–Trinajstić information content (AvgIpc) is 3.38. The zero-order valence-electron chi connectivity index (χ0n) is 22.6. The Morgan fingerprint density at radius 1 is 0.452 bits per heavy atom. The predicted octanol–water partition coefficient (Wildman–Crippen LogP) is 11.1. The van der Waals surface area contributed by atoms with E-state index in [0.717, 1.165) is 32.6 Å². The van der Waals surface area contributed by atoms with Gasteiger partial charge in [-0.1, -0.05) is 119 Å². The first kappa shape index (κ1) is 23.7. The van der Waals surface area contributed by atoms with Crippen molar-refractivity contribution >= 4 is 64.8 Å². The molecule has 9 aromatic rings. The van der Waals surface area contributed by atoms with Gasteiger partial charge in [0.15, 0.2) is 0 Å².